The minimum Gasteiger partial charge on any atom is -0.308 e. The smallest absolute Gasteiger partial charge is 0.264 e. The number of rotatable bonds is 2. The number of carbonyl (C=O) groups excluding carboxylic acids is 2. The van der Waals surface area contributed by atoms with Gasteiger partial charge in [0.05, 0.1) is 16.2 Å². The predicted octanol–water partition coefficient (Wildman–Crippen LogP) is 1.95. The third-order valence-corrected chi connectivity index (χ3v) is 4.13. The van der Waals surface area contributed by atoms with E-state index in [1.54, 1.807) is 4.90 Å². The Balaban J connectivity index is 2.18. The fourth-order valence-corrected chi connectivity index (χ4v) is 3.23. The summed E-state index contributed by atoms with van der Waals surface area (Å²) in [6.07, 6.45) is 0.845. The molecule has 0 aromatic heterocycles. The molecule has 6 heteroatoms. The number of amidine groups is 1. The van der Waals surface area contributed by atoms with Gasteiger partial charge >= 0.3 is 0 Å². The molecule has 0 saturated carbocycles. The zero-order chi connectivity index (χ0) is 14.3. The summed E-state index contributed by atoms with van der Waals surface area (Å²) in [7, 11) is 0. The highest BCUT2D eigenvalue weighted by Crippen LogP contribution is 2.42. The summed E-state index contributed by atoms with van der Waals surface area (Å²) in [6, 6.07) is 7.47. The van der Waals surface area contributed by atoms with Crippen molar-refractivity contribution in [2.24, 2.45) is 0 Å². The molecular weight excluding hydrogens is 274 g/mol. The van der Waals surface area contributed by atoms with Crippen LogP contribution in [-0.4, -0.2) is 23.5 Å². The maximum absolute atomic E-state index is 12.6. The molecule has 2 N–H and O–H groups in total. The molecule has 3 rings (SSSR count). The van der Waals surface area contributed by atoms with Crippen molar-refractivity contribution >= 4 is 40.0 Å². The van der Waals surface area contributed by atoms with E-state index in [9.17, 15) is 9.59 Å². The average Bonchev–Trinajstić information content (AvgIpc) is 2.88. The van der Waals surface area contributed by atoms with Gasteiger partial charge in [0, 0.05) is 12.1 Å². The van der Waals surface area contributed by atoms with Crippen molar-refractivity contribution in [3.05, 3.63) is 34.7 Å². The number of nitrogens with one attached hydrogen (secondary N) is 2. The molecule has 102 valence electrons. The molecule has 5 nitrogen and oxygen atoms in total. The van der Waals surface area contributed by atoms with Crippen LogP contribution in [-0.2, 0) is 9.59 Å². The minimum absolute atomic E-state index is 0.0664. The molecule has 1 aromatic carbocycles. The molecule has 1 saturated heterocycles. The fraction of sp³-hybridized carbons (Fsp3) is 0.214. The summed E-state index contributed by atoms with van der Waals surface area (Å²) in [5.74, 6) is -0.517. The van der Waals surface area contributed by atoms with E-state index >= 15 is 0 Å². The van der Waals surface area contributed by atoms with Crippen molar-refractivity contribution in [1.82, 2.24) is 5.32 Å². The van der Waals surface area contributed by atoms with Crippen LogP contribution in [0.1, 0.15) is 18.9 Å². The highest BCUT2D eigenvalue weighted by atomic mass is 32.2. The van der Waals surface area contributed by atoms with E-state index in [0.29, 0.717) is 17.0 Å². The van der Waals surface area contributed by atoms with Gasteiger partial charge in [0.2, 0.25) is 0 Å². The second-order valence-electron chi connectivity index (χ2n) is 4.56. The monoisotopic (exact) mass is 287 g/mol. The Morgan fingerprint density at radius 2 is 2.05 bits per heavy atom. The Bertz CT molecular complexity index is 666. The van der Waals surface area contributed by atoms with Crippen LogP contribution in [0.5, 0.6) is 0 Å². The number of anilines is 1. The van der Waals surface area contributed by atoms with Crippen molar-refractivity contribution in [1.29, 1.82) is 5.41 Å². The number of carbonyl (C=O) groups is 2. The van der Waals surface area contributed by atoms with E-state index in [1.165, 1.54) is 0 Å². The molecule has 0 spiro atoms. The number of benzene rings is 1. The molecule has 20 heavy (non-hydrogen) atoms. The third-order valence-electron chi connectivity index (χ3n) is 3.23. The Morgan fingerprint density at radius 1 is 1.30 bits per heavy atom. The van der Waals surface area contributed by atoms with E-state index in [-0.39, 0.29) is 17.0 Å². The molecule has 1 fully saturated rings. The number of fused-ring (bicyclic) bond motifs is 1. The van der Waals surface area contributed by atoms with Crippen molar-refractivity contribution in [3.8, 4) is 0 Å². The average molecular weight is 287 g/mol. The molecule has 0 unspecified atom stereocenters. The van der Waals surface area contributed by atoms with Crippen LogP contribution in [0, 0.1) is 5.41 Å². The standard InChI is InChI=1S/C14H13N3O2S/c1-2-7-17-9-6-4-3-5-8(9)10(13(17)19)11-12(18)16-14(15)20-11/h3-6H,2,7H2,1H3,(H2,15,16,18)/b11-10-. The number of thioether (sulfide) groups is 1. The van der Waals surface area contributed by atoms with Gasteiger partial charge in [0.1, 0.15) is 0 Å². The van der Waals surface area contributed by atoms with E-state index in [4.69, 9.17) is 5.41 Å². The van der Waals surface area contributed by atoms with E-state index in [1.807, 2.05) is 31.2 Å². The second kappa shape index (κ2) is 4.79. The predicted molar refractivity (Wildman–Crippen MR) is 79.5 cm³/mol. The lowest BCUT2D eigenvalue weighted by Crippen LogP contribution is -2.27. The van der Waals surface area contributed by atoms with Crippen LogP contribution in [0.25, 0.3) is 5.57 Å². The molecule has 0 atom stereocenters. The van der Waals surface area contributed by atoms with Crippen molar-refractivity contribution in [2.45, 2.75) is 13.3 Å². The Kier molecular flexibility index (Phi) is 3.10. The minimum atomic E-state index is -0.364. The van der Waals surface area contributed by atoms with Gasteiger partial charge in [-0.05, 0) is 24.2 Å². The van der Waals surface area contributed by atoms with Gasteiger partial charge in [-0.1, -0.05) is 25.1 Å². The zero-order valence-corrected chi connectivity index (χ0v) is 11.7. The lowest BCUT2D eigenvalue weighted by molar-refractivity contribution is -0.116. The number of nitrogens with zero attached hydrogens (tertiary/aromatic N) is 1. The lowest BCUT2D eigenvalue weighted by Gasteiger charge is -2.15. The summed E-state index contributed by atoms with van der Waals surface area (Å²) in [5, 5.41) is 10.0. The number of hydrogen-bond donors (Lipinski definition) is 2. The second-order valence-corrected chi connectivity index (χ2v) is 5.58. The maximum Gasteiger partial charge on any atom is 0.264 e. The molecule has 1 aromatic rings. The van der Waals surface area contributed by atoms with Crippen molar-refractivity contribution < 1.29 is 9.59 Å². The van der Waals surface area contributed by atoms with Crippen LogP contribution >= 0.6 is 11.8 Å². The molecule has 0 aliphatic carbocycles. The summed E-state index contributed by atoms with van der Waals surface area (Å²) in [4.78, 5) is 26.5. The first kappa shape index (κ1) is 12.9. The first-order valence-electron chi connectivity index (χ1n) is 6.36. The fourth-order valence-electron chi connectivity index (χ4n) is 2.44. The number of amides is 2. The van der Waals surface area contributed by atoms with Crippen molar-refractivity contribution in [3.63, 3.8) is 0 Å². The van der Waals surface area contributed by atoms with Crippen LogP contribution in [0.3, 0.4) is 0 Å². The molecule has 2 aliphatic rings. The van der Waals surface area contributed by atoms with Gasteiger partial charge in [-0.25, -0.2) is 0 Å². The van der Waals surface area contributed by atoms with E-state index in [2.05, 4.69) is 5.32 Å². The highest BCUT2D eigenvalue weighted by molar-refractivity contribution is 8.18. The topological polar surface area (TPSA) is 73.3 Å². The van der Waals surface area contributed by atoms with Crippen LogP contribution < -0.4 is 10.2 Å². The normalized spacial score (nSPS) is 21.4. The van der Waals surface area contributed by atoms with Gasteiger partial charge in [-0.15, -0.1) is 0 Å². The van der Waals surface area contributed by atoms with Crippen LogP contribution in [0.15, 0.2) is 29.2 Å². The summed E-state index contributed by atoms with van der Waals surface area (Å²) >= 11 is 1.01. The lowest BCUT2D eigenvalue weighted by atomic mass is 10.1. The van der Waals surface area contributed by atoms with E-state index in [0.717, 1.165) is 29.4 Å². The molecule has 2 aliphatic heterocycles. The third kappa shape index (κ3) is 1.84. The van der Waals surface area contributed by atoms with Crippen molar-refractivity contribution in [2.75, 3.05) is 11.4 Å². The first-order chi connectivity index (χ1) is 9.63. The van der Waals surface area contributed by atoms with E-state index < -0.39 is 0 Å². The maximum atomic E-state index is 12.6. The first-order valence-corrected chi connectivity index (χ1v) is 7.18. The Labute approximate surface area is 120 Å². The molecular formula is C14H13N3O2S. The quantitative estimate of drug-likeness (QED) is 0.817. The molecule has 2 heterocycles. The summed E-state index contributed by atoms with van der Waals surface area (Å²) in [6.45, 7) is 2.63. The van der Waals surface area contributed by atoms with Crippen LogP contribution in [0.2, 0.25) is 0 Å². The van der Waals surface area contributed by atoms with Gasteiger partial charge in [-0.3, -0.25) is 15.0 Å². The summed E-state index contributed by atoms with van der Waals surface area (Å²) in [5.41, 5.74) is 2.03. The Morgan fingerprint density at radius 3 is 2.70 bits per heavy atom. The SMILES string of the molecule is CCCN1C(=O)/C(=C2\SC(=N)NC2=O)c2ccccc21. The van der Waals surface area contributed by atoms with Crippen LogP contribution in [0.4, 0.5) is 5.69 Å². The Hall–Kier alpha value is -2.08. The van der Waals surface area contributed by atoms with Gasteiger partial charge in [0.15, 0.2) is 5.17 Å². The largest absolute Gasteiger partial charge is 0.308 e. The number of para-hydroxylation sites is 1. The zero-order valence-electron chi connectivity index (χ0n) is 10.9. The van der Waals surface area contributed by atoms with Gasteiger partial charge in [-0.2, -0.15) is 0 Å². The molecule has 0 radical (unpaired) electrons. The van der Waals surface area contributed by atoms with Gasteiger partial charge < -0.3 is 10.2 Å². The molecule has 2 amide bonds. The molecule has 0 bridgehead atoms. The van der Waals surface area contributed by atoms with Gasteiger partial charge in [0.25, 0.3) is 11.8 Å². The number of hydrogen-bond acceptors (Lipinski definition) is 4. The highest BCUT2D eigenvalue weighted by Gasteiger charge is 2.38. The summed E-state index contributed by atoms with van der Waals surface area (Å²) < 4.78 is 0.